The second-order valence-corrected chi connectivity index (χ2v) is 7.84. The van der Waals surface area contributed by atoms with Gasteiger partial charge in [-0.2, -0.15) is 0 Å². The second-order valence-electron chi connectivity index (χ2n) is 7.84. The van der Waals surface area contributed by atoms with Crippen molar-refractivity contribution in [2.24, 2.45) is 5.92 Å². The molecule has 2 aromatic heterocycles. The summed E-state index contributed by atoms with van der Waals surface area (Å²) < 4.78 is 6.98. The average Bonchev–Trinajstić information content (AvgIpc) is 3.13. The van der Waals surface area contributed by atoms with Crippen molar-refractivity contribution >= 4 is 28.0 Å². The molecule has 30 heavy (non-hydrogen) atoms. The quantitative estimate of drug-likeness (QED) is 0.523. The molecule has 6 nitrogen and oxygen atoms in total. The van der Waals surface area contributed by atoms with Crippen LogP contribution >= 0.6 is 0 Å². The van der Waals surface area contributed by atoms with Crippen LogP contribution in [0.2, 0.25) is 0 Å². The van der Waals surface area contributed by atoms with Gasteiger partial charge in [-0.25, -0.2) is 4.98 Å². The minimum atomic E-state index is -0.361. The van der Waals surface area contributed by atoms with Crippen LogP contribution in [-0.4, -0.2) is 15.5 Å². The van der Waals surface area contributed by atoms with Gasteiger partial charge in [0.25, 0.3) is 5.56 Å². The van der Waals surface area contributed by atoms with Gasteiger partial charge in [0, 0.05) is 5.39 Å². The van der Waals surface area contributed by atoms with Gasteiger partial charge in [-0.3, -0.25) is 14.2 Å². The van der Waals surface area contributed by atoms with E-state index in [-0.39, 0.29) is 35.6 Å². The number of para-hydroxylation sites is 1. The van der Waals surface area contributed by atoms with Crippen LogP contribution in [-0.2, 0) is 17.8 Å². The van der Waals surface area contributed by atoms with Gasteiger partial charge in [-0.15, -0.1) is 0 Å². The second kappa shape index (κ2) is 8.14. The Bertz CT molecular complexity index is 1250. The van der Waals surface area contributed by atoms with Gasteiger partial charge < -0.3 is 9.73 Å². The molecule has 4 rings (SSSR count). The van der Waals surface area contributed by atoms with E-state index in [1.54, 1.807) is 6.07 Å². The molecule has 0 fully saturated rings. The molecule has 2 aromatic carbocycles. The minimum absolute atomic E-state index is 0.116. The number of nitrogens with zero attached hydrogens (tertiary/aromatic N) is 2. The summed E-state index contributed by atoms with van der Waals surface area (Å²) in [7, 11) is 0. The third-order valence-electron chi connectivity index (χ3n) is 5.39. The molecule has 0 saturated carbocycles. The molecule has 2 heterocycles. The smallest absolute Gasteiger partial charge is 0.297 e. The van der Waals surface area contributed by atoms with E-state index in [2.05, 4.69) is 55.3 Å². The van der Waals surface area contributed by atoms with Crippen molar-refractivity contribution in [3.63, 3.8) is 0 Å². The number of hydrogen-bond donors (Lipinski definition) is 1. The number of aromatic nitrogens is 2. The fourth-order valence-corrected chi connectivity index (χ4v) is 3.70. The number of nitrogens with one attached hydrogen (secondary N) is 1. The minimum Gasteiger partial charge on any atom is -0.448 e. The van der Waals surface area contributed by atoms with Crippen LogP contribution in [0.4, 0.5) is 0 Å². The number of fused-ring (bicyclic) bond motifs is 3. The first-order valence-electron chi connectivity index (χ1n) is 10.2. The maximum absolute atomic E-state index is 12.8. The Balaban J connectivity index is 1.57. The molecule has 0 aliphatic rings. The molecular formula is C24H25N3O3. The summed E-state index contributed by atoms with van der Waals surface area (Å²) in [5.74, 6) is -0.0400. The number of aryl methyl sites for hydroxylation is 1. The van der Waals surface area contributed by atoms with Crippen LogP contribution in [0.5, 0.6) is 0 Å². The predicted octanol–water partition coefficient (Wildman–Crippen LogP) is 4.22. The zero-order valence-corrected chi connectivity index (χ0v) is 17.4. The molecule has 1 atom stereocenters. The van der Waals surface area contributed by atoms with Crippen molar-refractivity contribution in [2.45, 2.75) is 39.8 Å². The molecule has 0 radical (unpaired) electrons. The highest BCUT2D eigenvalue weighted by Gasteiger charge is 2.20. The number of amides is 1. The Kier molecular flexibility index (Phi) is 5.40. The fourth-order valence-electron chi connectivity index (χ4n) is 3.70. The summed E-state index contributed by atoms with van der Waals surface area (Å²) in [6, 6.07) is 15.5. The number of rotatable bonds is 6. The highest BCUT2D eigenvalue weighted by Crippen LogP contribution is 2.24. The van der Waals surface area contributed by atoms with Crippen LogP contribution in [0.15, 0.2) is 64.1 Å². The van der Waals surface area contributed by atoms with Crippen LogP contribution in [0.25, 0.3) is 22.1 Å². The Morgan fingerprint density at radius 3 is 2.57 bits per heavy atom. The predicted molar refractivity (Wildman–Crippen MR) is 117 cm³/mol. The highest BCUT2D eigenvalue weighted by molar-refractivity contribution is 6.01. The molecule has 6 heteroatoms. The summed E-state index contributed by atoms with van der Waals surface area (Å²) in [6.07, 6.45) is 2.38. The van der Waals surface area contributed by atoms with Crippen LogP contribution < -0.4 is 10.9 Å². The van der Waals surface area contributed by atoms with E-state index in [1.165, 1.54) is 16.5 Å². The SMILES string of the molecule is CCc1ccc(C(NC(=O)Cn2cnc3c(oc4ccccc43)c2=O)C(C)C)cc1. The molecule has 154 valence electrons. The van der Waals surface area contributed by atoms with E-state index < -0.39 is 0 Å². The van der Waals surface area contributed by atoms with Gasteiger partial charge in [0.2, 0.25) is 11.5 Å². The lowest BCUT2D eigenvalue weighted by atomic mass is 9.95. The number of carbonyl (C=O) groups excluding carboxylic acids is 1. The van der Waals surface area contributed by atoms with E-state index in [0.29, 0.717) is 11.1 Å². The highest BCUT2D eigenvalue weighted by atomic mass is 16.3. The summed E-state index contributed by atoms with van der Waals surface area (Å²) in [6.45, 7) is 6.12. The monoisotopic (exact) mass is 403 g/mol. The number of furan rings is 1. The number of hydrogen-bond acceptors (Lipinski definition) is 4. The Labute approximate surface area is 174 Å². The van der Waals surface area contributed by atoms with Crippen molar-refractivity contribution in [3.05, 3.63) is 76.3 Å². The molecule has 0 spiro atoms. The van der Waals surface area contributed by atoms with Gasteiger partial charge in [-0.05, 0) is 35.6 Å². The van der Waals surface area contributed by atoms with Crippen LogP contribution in [0.3, 0.4) is 0 Å². The molecule has 4 aromatic rings. The van der Waals surface area contributed by atoms with Crippen molar-refractivity contribution in [2.75, 3.05) is 0 Å². The van der Waals surface area contributed by atoms with Gasteiger partial charge in [0.15, 0.2) is 0 Å². The largest absolute Gasteiger partial charge is 0.448 e. The molecule has 1 unspecified atom stereocenters. The van der Waals surface area contributed by atoms with Crippen LogP contribution in [0, 0.1) is 5.92 Å². The Hall–Kier alpha value is -3.41. The van der Waals surface area contributed by atoms with E-state index in [1.807, 2.05) is 18.2 Å². The number of carbonyl (C=O) groups is 1. The van der Waals surface area contributed by atoms with Crippen molar-refractivity contribution in [1.29, 1.82) is 0 Å². The van der Waals surface area contributed by atoms with Crippen LogP contribution in [0.1, 0.15) is 37.9 Å². The third-order valence-corrected chi connectivity index (χ3v) is 5.39. The Morgan fingerprint density at radius 2 is 1.87 bits per heavy atom. The van der Waals surface area contributed by atoms with Gasteiger partial charge in [0.1, 0.15) is 17.6 Å². The van der Waals surface area contributed by atoms with Gasteiger partial charge >= 0.3 is 0 Å². The zero-order chi connectivity index (χ0) is 21.3. The normalized spacial score (nSPS) is 12.5. The molecular weight excluding hydrogens is 378 g/mol. The maximum Gasteiger partial charge on any atom is 0.297 e. The lowest BCUT2D eigenvalue weighted by Gasteiger charge is -2.23. The lowest BCUT2D eigenvalue weighted by molar-refractivity contribution is -0.122. The standard InChI is InChI=1S/C24H25N3O3/c1-4-16-9-11-17(12-10-16)21(15(2)3)26-20(28)13-27-14-25-22-18-7-5-6-8-19(18)30-23(22)24(27)29/h5-12,14-15,21H,4,13H2,1-3H3,(H,26,28). The fraction of sp³-hybridized carbons (Fsp3) is 0.292. The maximum atomic E-state index is 12.8. The average molecular weight is 403 g/mol. The molecule has 0 saturated heterocycles. The summed E-state index contributed by atoms with van der Waals surface area (Å²) in [5, 5.41) is 3.85. The van der Waals surface area contributed by atoms with Crippen molar-refractivity contribution < 1.29 is 9.21 Å². The van der Waals surface area contributed by atoms with Crippen molar-refractivity contribution in [3.8, 4) is 0 Å². The molecule has 0 aliphatic carbocycles. The van der Waals surface area contributed by atoms with Gasteiger partial charge in [-0.1, -0.05) is 57.2 Å². The topological polar surface area (TPSA) is 77.1 Å². The van der Waals surface area contributed by atoms with E-state index in [9.17, 15) is 9.59 Å². The summed E-state index contributed by atoms with van der Waals surface area (Å²) in [4.78, 5) is 30.0. The molecule has 0 bridgehead atoms. The first-order valence-corrected chi connectivity index (χ1v) is 10.2. The molecule has 0 aliphatic heterocycles. The van der Waals surface area contributed by atoms with Gasteiger partial charge in [0.05, 0.1) is 12.4 Å². The Morgan fingerprint density at radius 1 is 1.13 bits per heavy atom. The van der Waals surface area contributed by atoms with Crippen molar-refractivity contribution in [1.82, 2.24) is 14.9 Å². The van der Waals surface area contributed by atoms with E-state index >= 15 is 0 Å². The first-order chi connectivity index (χ1) is 14.5. The molecule has 1 amide bonds. The first kappa shape index (κ1) is 19.9. The number of benzene rings is 2. The third kappa shape index (κ3) is 3.73. The zero-order valence-electron chi connectivity index (χ0n) is 17.4. The van der Waals surface area contributed by atoms with E-state index in [0.717, 1.165) is 17.4 Å². The van der Waals surface area contributed by atoms with E-state index in [4.69, 9.17) is 4.42 Å². The molecule has 1 N–H and O–H groups in total. The summed E-state index contributed by atoms with van der Waals surface area (Å²) in [5.41, 5.74) is 3.23. The lowest BCUT2D eigenvalue weighted by Crippen LogP contribution is -2.36. The summed E-state index contributed by atoms with van der Waals surface area (Å²) >= 11 is 0.